The first-order valence-corrected chi connectivity index (χ1v) is 9.00. The molecular formula is C17H20BP. The summed E-state index contributed by atoms with van der Waals surface area (Å²) >= 11 is 0. The second-order valence-electron chi connectivity index (χ2n) is 6.72. The monoisotopic (exact) mass is 266 g/mol. The van der Waals surface area contributed by atoms with Crippen molar-refractivity contribution in [2.24, 2.45) is 5.41 Å². The predicted octanol–water partition coefficient (Wildman–Crippen LogP) is 3.50. The molecule has 0 aliphatic carbocycles. The van der Waals surface area contributed by atoms with Crippen LogP contribution in [0.4, 0.5) is 0 Å². The number of rotatable bonds is 1. The summed E-state index contributed by atoms with van der Waals surface area (Å²) in [5.74, 6) is 0. The number of benzene rings is 2. The van der Waals surface area contributed by atoms with E-state index in [9.17, 15) is 0 Å². The fraction of sp³-hybridized carbons (Fsp3) is 0.294. The summed E-state index contributed by atoms with van der Waals surface area (Å²) in [5.41, 5.74) is 3.12. The van der Waals surface area contributed by atoms with Gasteiger partial charge >= 0.3 is 117 Å². The van der Waals surface area contributed by atoms with E-state index in [1.807, 2.05) is 0 Å². The Morgan fingerprint density at radius 1 is 0.842 bits per heavy atom. The van der Waals surface area contributed by atoms with Crippen molar-refractivity contribution in [2.75, 3.05) is 6.16 Å². The average molecular weight is 266 g/mol. The zero-order valence-electron chi connectivity index (χ0n) is 12.0. The number of hydrogen-bond donors (Lipinski definition) is 0. The van der Waals surface area contributed by atoms with Crippen molar-refractivity contribution < 1.29 is 0 Å². The van der Waals surface area contributed by atoms with E-state index in [0.29, 0.717) is 5.41 Å². The van der Waals surface area contributed by atoms with Gasteiger partial charge in [0.2, 0.25) is 0 Å². The first kappa shape index (κ1) is 12.9. The zero-order valence-corrected chi connectivity index (χ0v) is 12.9. The molecule has 0 unspecified atom stereocenters. The van der Waals surface area contributed by atoms with Gasteiger partial charge in [-0.25, -0.2) is 0 Å². The summed E-state index contributed by atoms with van der Waals surface area (Å²) in [6, 6.07) is 17.7. The molecule has 0 N–H and O–H groups in total. The Balaban J connectivity index is 2.29. The summed E-state index contributed by atoms with van der Waals surface area (Å²) in [7, 11) is 4.75. The van der Waals surface area contributed by atoms with Crippen molar-refractivity contribution >= 4 is 24.5 Å². The van der Waals surface area contributed by atoms with Gasteiger partial charge < -0.3 is 0 Å². The molecule has 3 rings (SSSR count). The third-order valence-corrected chi connectivity index (χ3v) is 7.88. The molecule has 1 aliphatic heterocycles. The third kappa shape index (κ3) is 2.05. The quantitative estimate of drug-likeness (QED) is 0.547. The van der Waals surface area contributed by atoms with Crippen LogP contribution in [0.2, 0.25) is 0 Å². The van der Waals surface area contributed by atoms with Gasteiger partial charge in [-0.15, -0.1) is 0 Å². The second-order valence-corrected chi connectivity index (χ2v) is 9.94. The predicted molar refractivity (Wildman–Crippen MR) is 89.5 cm³/mol. The first-order valence-electron chi connectivity index (χ1n) is 6.84. The minimum absolute atomic E-state index is 0.306. The maximum absolute atomic E-state index is 4.75. The van der Waals surface area contributed by atoms with E-state index in [1.54, 1.807) is 0 Å². The molecule has 0 spiro atoms. The van der Waals surface area contributed by atoms with Gasteiger partial charge in [0.15, 0.2) is 0 Å². The molecule has 0 saturated carbocycles. The molecule has 96 valence electrons. The van der Waals surface area contributed by atoms with Gasteiger partial charge in [-0.1, -0.05) is 0 Å². The molecular weight excluding hydrogens is 246 g/mol. The summed E-state index contributed by atoms with van der Waals surface area (Å²) in [6.07, 6.45) is 1.17. The molecule has 1 aliphatic rings. The maximum atomic E-state index is 4.75. The third-order valence-electron chi connectivity index (χ3n) is 3.76. The average Bonchev–Trinajstić information content (AvgIpc) is 2.59. The van der Waals surface area contributed by atoms with E-state index in [0.717, 1.165) is 0 Å². The Labute approximate surface area is 117 Å². The summed E-state index contributed by atoms with van der Waals surface area (Å²) < 4.78 is 0. The summed E-state index contributed by atoms with van der Waals surface area (Å²) in [5, 5.41) is 2.98. The van der Waals surface area contributed by atoms with E-state index < -0.39 is 6.75 Å². The van der Waals surface area contributed by atoms with Gasteiger partial charge in [0.25, 0.3) is 0 Å². The zero-order chi connectivity index (χ0) is 13.7. The van der Waals surface area contributed by atoms with Crippen molar-refractivity contribution in [3.05, 3.63) is 48.5 Å². The molecule has 2 aromatic rings. The fourth-order valence-corrected chi connectivity index (χ4v) is 7.53. The molecule has 1 heterocycles. The van der Waals surface area contributed by atoms with Gasteiger partial charge in [-0.05, 0) is 0 Å². The molecule has 2 heteroatoms. The molecule has 0 radical (unpaired) electrons. The van der Waals surface area contributed by atoms with Crippen LogP contribution in [0.15, 0.2) is 48.5 Å². The van der Waals surface area contributed by atoms with Crippen LogP contribution in [0.5, 0.6) is 0 Å². The minimum atomic E-state index is -1.47. The molecule has 0 amide bonds. The van der Waals surface area contributed by atoms with E-state index in [-0.39, 0.29) is 0 Å². The molecule has 0 aromatic heterocycles. The van der Waals surface area contributed by atoms with E-state index in [2.05, 4.69) is 69.3 Å². The van der Waals surface area contributed by atoms with Crippen LogP contribution in [-0.2, 0) is 0 Å². The number of fused-ring (bicyclic) bond motifs is 3. The Bertz CT molecular complexity index is 630. The van der Waals surface area contributed by atoms with E-state index in [1.165, 1.54) is 27.9 Å². The van der Waals surface area contributed by atoms with Crippen LogP contribution in [0.3, 0.4) is 0 Å². The Hall–Kier alpha value is -1.07. The van der Waals surface area contributed by atoms with Crippen molar-refractivity contribution in [1.82, 2.24) is 0 Å². The second kappa shape index (κ2) is 4.22. The molecule has 0 atom stereocenters. The van der Waals surface area contributed by atoms with Crippen molar-refractivity contribution in [2.45, 2.75) is 20.8 Å². The first-order chi connectivity index (χ1) is 8.92. The van der Waals surface area contributed by atoms with Crippen molar-refractivity contribution in [3.8, 4) is 11.1 Å². The number of hydrogen-bond acceptors (Lipinski definition) is 0. The van der Waals surface area contributed by atoms with Gasteiger partial charge in [0.1, 0.15) is 0 Å². The van der Waals surface area contributed by atoms with Crippen LogP contribution in [0, 0.1) is 5.41 Å². The standard InChI is InChI=1S/C17H20BP/c1-17(2,3)12-19(18)15-10-6-4-8-13(15)14-9-5-7-11-16(14)19/h4-11,18H,12H2,1-3H3. The Morgan fingerprint density at radius 2 is 1.26 bits per heavy atom. The summed E-state index contributed by atoms with van der Waals surface area (Å²) in [4.78, 5) is 0. The molecule has 0 fully saturated rings. The SMILES string of the molecule is B=P1(CC(C)(C)C)c2ccccc2-c2ccccc21. The van der Waals surface area contributed by atoms with Crippen LogP contribution in [0.25, 0.3) is 11.1 Å². The van der Waals surface area contributed by atoms with Crippen LogP contribution >= 0.6 is 6.75 Å². The molecule has 19 heavy (non-hydrogen) atoms. The Morgan fingerprint density at radius 3 is 1.68 bits per heavy atom. The molecule has 2 aromatic carbocycles. The molecule has 0 bridgehead atoms. The topological polar surface area (TPSA) is 0 Å². The van der Waals surface area contributed by atoms with Crippen LogP contribution < -0.4 is 10.6 Å². The van der Waals surface area contributed by atoms with Gasteiger partial charge in [-0.3, -0.25) is 0 Å². The Kier molecular flexibility index (Phi) is 2.87. The normalized spacial score (nSPS) is 15.9. The summed E-state index contributed by atoms with van der Waals surface area (Å²) in [6.45, 7) is 5.50. The molecule has 0 saturated heterocycles. The van der Waals surface area contributed by atoms with Gasteiger partial charge in [0.05, 0.1) is 0 Å². The fourth-order valence-electron chi connectivity index (χ4n) is 3.26. The van der Waals surface area contributed by atoms with E-state index >= 15 is 0 Å². The van der Waals surface area contributed by atoms with Crippen molar-refractivity contribution in [1.29, 1.82) is 0 Å². The van der Waals surface area contributed by atoms with E-state index in [4.69, 9.17) is 7.18 Å². The molecule has 0 nitrogen and oxygen atoms in total. The van der Waals surface area contributed by atoms with Gasteiger partial charge in [-0.2, -0.15) is 0 Å². The van der Waals surface area contributed by atoms with Gasteiger partial charge in [0, 0.05) is 0 Å². The van der Waals surface area contributed by atoms with Crippen LogP contribution in [-0.4, -0.2) is 13.3 Å². The van der Waals surface area contributed by atoms with Crippen LogP contribution in [0.1, 0.15) is 20.8 Å². The van der Waals surface area contributed by atoms with Crippen molar-refractivity contribution in [3.63, 3.8) is 0 Å².